The van der Waals surface area contributed by atoms with Crippen LogP contribution in [0.4, 0.5) is 18.9 Å². The molecule has 1 fully saturated rings. The Morgan fingerprint density at radius 3 is 2.63 bits per heavy atom. The summed E-state index contributed by atoms with van der Waals surface area (Å²) in [5, 5.41) is 7.34. The average Bonchev–Trinajstić information content (AvgIpc) is 2.87. The first kappa shape index (κ1) is 25.9. The van der Waals surface area contributed by atoms with Gasteiger partial charge < -0.3 is 0 Å². The monoisotopic (exact) mass is 538 g/mol. The van der Waals surface area contributed by atoms with Crippen LogP contribution in [0, 0.1) is 0 Å². The van der Waals surface area contributed by atoms with E-state index in [4.69, 9.17) is 19.1 Å². The second kappa shape index (κ2) is 9.87. The third-order valence-corrected chi connectivity index (χ3v) is 6.88. The van der Waals surface area contributed by atoms with Crippen molar-refractivity contribution in [3.8, 4) is 0 Å². The van der Waals surface area contributed by atoms with E-state index in [1.807, 2.05) is 0 Å². The zero-order valence-electron chi connectivity index (χ0n) is 20.1. The predicted molar refractivity (Wildman–Crippen MR) is 142 cm³/mol. The maximum absolute atomic E-state index is 13.5. The number of carbonyl (C=O) groups is 1. The Kier molecular flexibility index (Phi) is 6.73. The van der Waals surface area contributed by atoms with Gasteiger partial charge in [-0.1, -0.05) is 0 Å². The van der Waals surface area contributed by atoms with Gasteiger partial charge in [0.25, 0.3) is 0 Å². The standard InChI is InChI=1S/C26H21BClF3N5O2/c1-36-12-32-21-8-13(2-5-16(21)25(36)38)24(37)35-20-7-4-15(10-18(20)27)33-22-11-23(26(29,30)31)34-19-6-3-14(28)9-17(19)22/h2-3,5-6,8-9,11-12,15,20H,4,7,10H2,1H3,(H,33,34)(H,35,37)/t15-,20+/m1/s1. The molecule has 0 aliphatic heterocycles. The zero-order chi connectivity index (χ0) is 27.2. The summed E-state index contributed by atoms with van der Waals surface area (Å²) >= 11 is 6.09. The Balaban J connectivity index is 1.30. The first-order valence-corrected chi connectivity index (χ1v) is 12.2. The Morgan fingerprint density at radius 1 is 1.11 bits per heavy atom. The van der Waals surface area contributed by atoms with Crippen molar-refractivity contribution in [3.63, 3.8) is 0 Å². The zero-order valence-corrected chi connectivity index (χ0v) is 20.9. The summed E-state index contributed by atoms with van der Waals surface area (Å²) in [4.78, 5) is 33.1. The topological polar surface area (TPSA) is 88.9 Å². The number of carbonyl (C=O) groups excluding carboxylic acids is 1. The minimum atomic E-state index is -4.61. The average molecular weight is 539 g/mol. The van der Waals surface area contributed by atoms with Crippen molar-refractivity contribution in [1.82, 2.24) is 19.9 Å². The number of nitrogens with zero attached hydrogens (tertiary/aromatic N) is 3. The summed E-state index contributed by atoms with van der Waals surface area (Å²) in [6.45, 7) is 0. The van der Waals surface area contributed by atoms with Gasteiger partial charge in [-0.15, -0.1) is 0 Å². The number of hydrogen-bond donors (Lipinski definition) is 2. The van der Waals surface area contributed by atoms with Gasteiger partial charge in [0, 0.05) is 0 Å². The molecule has 5 rings (SSSR count). The molecule has 0 unspecified atom stereocenters. The molecule has 2 aromatic heterocycles. The van der Waals surface area contributed by atoms with E-state index in [9.17, 15) is 22.8 Å². The molecule has 2 atom stereocenters. The third kappa shape index (κ3) is 5.15. The summed E-state index contributed by atoms with van der Waals surface area (Å²) in [5.74, 6) is -0.363. The Labute approximate surface area is 221 Å². The van der Waals surface area contributed by atoms with E-state index < -0.39 is 17.9 Å². The van der Waals surface area contributed by atoms with Crippen LogP contribution in [-0.2, 0) is 13.2 Å². The van der Waals surface area contributed by atoms with Crippen molar-refractivity contribution in [2.45, 2.75) is 37.5 Å². The van der Waals surface area contributed by atoms with E-state index >= 15 is 0 Å². The molecule has 2 N–H and O–H groups in total. The van der Waals surface area contributed by atoms with E-state index in [-0.39, 0.29) is 28.7 Å². The number of halogens is 4. The van der Waals surface area contributed by atoms with Crippen LogP contribution in [0.5, 0.6) is 0 Å². The van der Waals surface area contributed by atoms with E-state index in [1.54, 1.807) is 31.3 Å². The fourth-order valence-electron chi connectivity index (χ4n) is 4.65. The van der Waals surface area contributed by atoms with Gasteiger partial charge in [0.05, 0.1) is 0 Å². The van der Waals surface area contributed by atoms with Crippen molar-refractivity contribution < 1.29 is 18.0 Å². The predicted octanol–water partition coefficient (Wildman–Crippen LogP) is 4.26. The number of aromatic nitrogens is 3. The van der Waals surface area contributed by atoms with Crippen LogP contribution < -0.4 is 16.2 Å². The van der Waals surface area contributed by atoms with Crippen molar-refractivity contribution >= 4 is 58.0 Å². The number of hydrogen-bond acceptors (Lipinski definition) is 5. The number of anilines is 1. The van der Waals surface area contributed by atoms with Crippen LogP contribution in [0.3, 0.4) is 0 Å². The van der Waals surface area contributed by atoms with Gasteiger partial charge in [0.2, 0.25) is 0 Å². The molecule has 0 bridgehead atoms. The van der Waals surface area contributed by atoms with Crippen LogP contribution in [0.2, 0.25) is 5.02 Å². The van der Waals surface area contributed by atoms with Crippen LogP contribution in [0.15, 0.2) is 53.6 Å². The van der Waals surface area contributed by atoms with Crippen LogP contribution >= 0.6 is 11.6 Å². The molecule has 0 spiro atoms. The number of aryl methyl sites for hydroxylation is 1. The number of nitrogens with one attached hydrogen (secondary N) is 2. The fraction of sp³-hybridized carbons (Fsp3) is 0.269. The molecule has 1 aliphatic rings. The second-order valence-corrected chi connectivity index (χ2v) is 9.77. The van der Waals surface area contributed by atoms with E-state index in [1.165, 1.54) is 23.0 Å². The summed E-state index contributed by atoms with van der Waals surface area (Å²) in [7, 11) is 7.90. The van der Waals surface area contributed by atoms with Gasteiger partial charge >= 0.3 is 221 Å². The fourth-order valence-corrected chi connectivity index (χ4v) is 4.82. The molecule has 7 nitrogen and oxygen atoms in total. The molecular weight excluding hydrogens is 518 g/mol. The molecule has 1 aliphatic carbocycles. The van der Waals surface area contributed by atoms with Gasteiger partial charge in [0.1, 0.15) is 0 Å². The van der Waals surface area contributed by atoms with Crippen LogP contribution in [0.25, 0.3) is 21.8 Å². The van der Waals surface area contributed by atoms with Crippen molar-refractivity contribution in [2.24, 2.45) is 7.05 Å². The quantitative estimate of drug-likeness (QED) is 0.379. The minimum absolute atomic E-state index is 0.173. The summed E-state index contributed by atoms with van der Waals surface area (Å²) in [5.41, 5.74) is 0.474. The van der Waals surface area contributed by atoms with Gasteiger partial charge in [-0.25, -0.2) is 0 Å². The SMILES string of the molecule is [B]=C1C[C@H](Nc2cc(C(F)(F)F)nc3ccc(Cl)cc23)CC[C@@H]1NC(=O)c1ccc2c(=O)n(C)cnc2c1. The van der Waals surface area contributed by atoms with Crippen LogP contribution in [-0.4, -0.2) is 45.5 Å². The second-order valence-electron chi connectivity index (χ2n) is 9.33. The van der Waals surface area contributed by atoms with E-state index in [0.29, 0.717) is 51.6 Å². The molecule has 2 heterocycles. The van der Waals surface area contributed by atoms with Crippen molar-refractivity contribution in [2.75, 3.05) is 5.32 Å². The molecule has 4 aromatic rings. The molecule has 193 valence electrons. The Morgan fingerprint density at radius 2 is 1.89 bits per heavy atom. The number of benzene rings is 2. The number of fused-ring (bicyclic) bond motifs is 2. The van der Waals surface area contributed by atoms with Gasteiger partial charge in [0.15, 0.2) is 0 Å². The van der Waals surface area contributed by atoms with Crippen LogP contribution in [0.1, 0.15) is 35.3 Å². The maximum atomic E-state index is 13.5. The Hall–Kier alpha value is -3.73. The Bertz CT molecular complexity index is 1660. The third-order valence-electron chi connectivity index (χ3n) is 6.64. The summed E-state index contributed by atoms with van der Waals surface area (Å²) in [6.07, 6.45) is -1.84. The number of alkyl halides is 3. The van der Waals surface area contributed by atoms with Crippen molar-refractivity contribution in [3.05, 3.63) is 75.4 Å². The summed E-state index contributed by atoms with van der Waals surface area (Å²) in [6, 6.07) is 9.49. The molecule has 12 heteroatoms. The molecule has 38 heavy (non-hydrogen) atoms. The van der Waals surface area contributed by atoms with E-state index in [0.717, 1.165) is 6.07 Å². The molecule has 2 aromatic carbocycles. The summed E-state index contributed by atoms with van der Waals surface area (Å²) < 4.78 is 41.7. The van der Waals surface area contributed by atoms with E-state index in [2.05, 4.69) is 20.6 Å². The first-order valence-electron chi connectivity index (χ1n) is 11.8. The number of pyridine rings is 1. The molecule has 1 saturated carbocycles. The molecular formula is C26H21BClF3N5O2. The number of rotatable bonds is 4. The molecule has 1 radical (unpaired) electrons. The van der Waals surface area contributed by atoms with Gasteiger partial charge in [-0.2, -0.15) is 0 Å². The van der Waals surface area contributed by atoms with Gasteiger partial charge in [-0.05, 0) is 0 Å². The first-order chi connectivity index (χ1) is 18.0. The number of amides is 1. The molecule has 1 amide bonds. The normalized spacial score (nSPS) is 18.1. The molecule has 0 saturated heterocycles. The van der Waals surface area contributed by atoms with Crippen molar-refractivity contribution in [1.29, 1.82) is 0 Å². The van der Waals surface area contributed by atoms with Gasteiger partial charge in [-0.3, -0.25) is 0 Å².